The van der Waals surface area contributed by atoms with Crippen LogP contribution in [0.3, 0.4) is 0 Å². The van der Waals surface area contributed by atoms with E-state index in [4.69, 9.17) is 9.47 Å². The van der Waals surface area contributed by atoms with Crippen molar-refractivity contribution in [2.45, 2.75) is 65.1 Å². The summed E-state index contributed by atoms with van der Waals surface area (Å²) in [7, 11) is 0. The Bertz CT molecular complexity index is 272. The summed E-state index contributed by atoms with van der Waals surface area (Å²) >= 11 is 0. The Labute approximate surface area is 109 Å². The molecule has 0 aromatic rings. The van der Waals surface area contributed by atoms with Crippen LogP contribution in [0, 0.1) is 5.92 Å². The monoisotopic (exact) mass is 259 g/mol. The summed E-state index contributed by atoms with van der Waals surface area (Å²) in [4.78, 5) is 11.2. The van der Waals surface area contributed by atoms with Crippen LogP contribution in [0.2, 0.25) is 0 Å². The summed E-state index contributed by atoms with van der Waals surface area (Å²) in [6, 6.07) is -0.494. The number of nitrogens with one attached hydrogen (secondary N) is 1. The SMILES string of the molecule is CCCO[C@@H]1OC(CC)[C@H](C)C(O)C1NC(C)=O. The molecule has 5 nitrogen and oxygen atoms in total. The van der Waals surface area contributed by atoms with Gasteiger partial charge in [-0.2, -0.15) is 0 Å². The summed E-state index contributed by atoms with van der Waals surface area (Å²) < 4.78 is 11.4. The molecule has 5 heteroatoms. The smallest absolute Gasteiger partial charge is 0.217 e. The van der Waals surface area contributed by atoms with Gasteiger partial charge in [0.1, 0.15) is 6.04 Å². The van der Waals surface area contributed by atoms with Gasteiger partial charge in [0.05, 0.1) is 12.2 Å². The van der Waals surface area contributed by atoms with Crippen LogP contribution in [0.1, 0.15) is 40.5 Å². The van der Waals surface area contributed by atoms with E-state index in [0.29, 0.717) is 6.61 Å². The number of hydrogen-bond acceptors (Lipinski definition) is 4. The first-order valence-corrected chi connectivity index (χ1v) is 6.73. The van der Waals surface area contributed by atoms with E-state index in [-0.39, 0.29) is 17.9 Å². The third-order valence-corrected chi connectivity index (χ3v) is 3.35. The summed E-state index contributed by atoms with van der Waals surface area (Å²) in [5.74, 6) is -0.205. The maximum Gasteiger partial charge on any atom is 0.217 e. The number of carbonyl (C=O) groups excluding carboxylic acids is 1. The molecule has 1 heterocycles. The number of ether oxygens (including phenoxy) is 2. The molecule has 1 aliphatic rings. The Balaban J connectivity index is 2.76. The second-order valence-electron chi connectivity index (χ2n) is 4.90. The van der Waals surface area contributed by atoms with Crippen molar-refractivity contribution in [3.63, 3.8) is 0 Å². The van der Waals surface area contributed by atoms with E-state index in [0.717, 1.165) is 12.8 Å². The molecule has 0 saturated carbocycles. The minimum absolute atomic E-state index is 0.0201. The third-order valence-electron chi connectivity index (χ3n) is 3.35. The topological polar surface area (TPSA) is 67.8 Å². The fourth-order valence-electron chi connectivity index (χ4n) is 2.32. The lowest BCUT2D eigenvalue weighted by molar-refractivity contribution is -0.249. The first-order valence-electron chi connectivity index (χ1n) is 6.73. The molecule has 1 amide bonds. The van der Waals surface area contributed by atoms with E-state index in [1.54, 1.807) is 0 Å². The first kappa shape index (κ1) is 15.4. The van der Waals surface area contributed by atoms with Crippen molar-refractivity contribution in [3.8, 4) is 0 Å². The van der Waals surface area contributed by atoms with E-state index >= 15 is 0 Å². The molecule has 1 aliphatic heterocycles. The van der Waals surface area contributed by atoms with Gasteiger partial charge in [-0.15, -0.1) is 0 Å². The molecule has 106 valence electrons. The van der Waals surface area contributed by atoms with Gasteiger partial charge in [0.15, 0.2) is 6.29 Å². The van der Waals surface area contributed by atoms with Crippen molar-refractivity contribution >= 4 is 5.91 Å². The molecule has 0 bridgehead atoms. The zero-order valence-electron chi connectivity index (χ0n) is 11.7. The molecule has 0 spiro atoms. The third kappa shape index (κ3) is 3.67. The normalized spacial score (nSPS) is 36.4. The van der Waals surface area contributed by atoms with Gasteiger partial charge in [0.2, 0.25) is 5.91 Å². The second kappa shape index (κ2) is 7.07. The van der Waals surface area contributed by atoms with E-state index in [2.05, 4.69) is 5.32 Å². The molecule has 1 saturated heterocycles. The van der Waals surface area contributed by atoms with E-state index in [1.807, 2.05) is 20.8 Å². The molecule has 5 atom stereocenters. The lowest BCUT2D eigenvalue weighted by Crippen LogP contribution is -2.61. The average molecular weight is 259 g/mol. The highest BCUT2D eigenvalue weighted by molar-refractivity contribution is 5.73. The lowest BCUT2D eigenvalue weighted by atomic mass is 9.88. The van der Waals surface area contributed by atoms with Crippen molar-refractivity contribution in [3.05, 3.63) is 0 Å². The fourth-order valence-corrected chi connectivity index (χ4v) is 2.32. The quantitative estimate of drug-likeness (QED) is 0.774. The lowest BCUT2D eigenvalue weighted by Gasteiger charge is -2.43. The Hall–Kier alpha value is -0.650. The van der Waals surface area contributed by atoms with Crippen LogP contribution in [0.4, 0.5) is 0 Å². The summed E-state index contributed by atoms with van der Waals surface area (Å²) in [5, 5.41) is 13.0. The molecule has 0 aromatic heterocycles. The molecule has 1 rings (SSSR count). The van der Waals surface area contributed by atoms with Gasteiger partial charge in [0.25, 0.3) is 0 Å². The van der Waals surface area contributed by atoms with E-state index < -0.39 is 18.4 Å². The number of aliphatic hydroxyl groups excluding tert-OH is 1. The minimum atomic E-state index is -0.644. The molecule has 2 N–H and O–H groups in total. The van der Waals surface area contributed by atoms with Crippen molar-refractivity contribution in [1.29, 1.82) is 0 Å². The van der Waals surface area contributed by atoms with Gasteiger partial charge >= 0.3 is 0 Å². The fraction of sp³-hybridized carbons (Fsp3) is 0.923. The first-order chi connectivity index (χ1) is 8.51. The number of aliphatic hydroxyl groups is 1. The van der Waals surface area contributed by atoms with Crippen LogP contribution in [-0.4, -0.2) is 42.2 Å². The molecular formula is C13H25NO4. The van der Waals surface area contributed by atoms with Crippen LogP contribution >= 0.6 is 0 Å². The molecule has 0 aliphatic carbocycles. The zero-order valence-corrected chi connectivity index (χ0v) is 11.7. The van der Waals surface area contributed by atoms with Crippen molar-refractivity contribution < 1.29 is 19.4 Å². The Morgan fingerprint density at radius 2 is 2.11 bits per heavy atom. The zero-order chi connectivity index (χ0) is 13.7. The van der Waals surface area contributed by atoms with E-state index in [1.165, 1.54) is 6.92 Å². The number of amides is 1. The maximum atomic E-state index is 11.2. The van der Waals surface area contributed by atoms with Crippen LogP contribution < -0.4 is 5.32 Å². The minimum Gasteiger partial charge on any atom is -0.390 e. The summed E-state index contributed by atoms with van der Waals surface area (Å²) in [6.07, 6.45) is 0.442. The number of carbonyl (C=O) groups is 1. The van der Waals surface area contributed by atoms with E-state index in [9.17, 15) is 9.90 Å². The number of hydrogen-bond donors (Lipinski definition) is 2. The van der Waals surface area contributed by atoms with Gasteiger partial charge < -0.3 is 19.9 Å². The predicted octanol–water partition coefficient (Wildman–Crippen LogP) is 1.05. The van der Waals surface area contributed by atoms with Crippen LogP contribution in [0.5, 0.6) is 0 Å². The Kier molecular flexibility index (Phi) is 6.05. The summed E-state index contributed by atoms with van der Waals surface area (Å²) in [5.41, 5.74) is 0. The van der Waals surface area contributed by atoms with Gasteiger partial charge in [-0.05, 0) is 12.8 Å². The Morgan fingerprint density at radius 1 is 1.44 bits per heavy atom. The van der Waals surface area contributed by atoms with Crippen LogP contribution in [0.15, 0.2) is 0 Å². The van der Waals surface area contributed by atoms with Gasteiger partial charge in [0, 0.05) is 19.4 Å². The highest BCUT2D eigenvalue weighted by atomic mass is 16.7. The maximum absolute atomic E-state index is 11.2. The van der Waals surface area contributed by atoms with Gasteiger partial charge in [-0.25, -0.2) is 0 Å². The van der Waals surface area contributed by atoms with Gasteiger partial charge in [-0.3, -0.25) is 4.79 Å². The van der Waals surface area contributed by atoms with Crippen molar-refractivity contribution in [1.82, 2.24) is 5.32 Å². The highest BCUT2D eigenvalue weighted by Gasteiger charge is 2.43. The largest absolute Gasteiger partial charge is 0.390 e. The predicted molar refractivity (Wildman–Crippen MR) is 68.0 cm³/mol. The molecule has 0 aromatic carbocycles. The summed E-state index contributed by atoms with van der Waals surface area (Å²) in [6.45, 7) is 7.94. The Morgan fingerprint density at radius 3 is 2.61 bits per heavy atom. The molecular weight excluding hydrogens is 234 g/mol. The molecule has 0 radical (unpaired) electrons. The van der Waals surface area contributed by atoms with Crippen LogP contribution in [-0.2, 0) is 14.3 Å². The molecule has 3 unspecified atom stereocenters. The second-order valence-corrected chi connectivity index (χ2v) is 4.90. The van der Waals surface area contributed by atoms with Gasteiger partial charge in [-0.1, -0.05) is 20.8 Å². The van der Waals surface area contributed by atoms with Crippen molar-refractivity contribution in [2.75, 3.05) is 6.61 Å². The molecule has 1 fully saturated rings. The standard InChI is InChI=1S/C13H25NO4/c1-5-7-17-13-11(14-9(4)15)12(16)8(3)10(6-2)18-13/h8,10-13,16H,5-7H2,1-4H3,(H,14,15)/t8-,10?,11?,12?,13+/m0/s1. The highest BCUT2D eigenvalue weighted by Crippen LogP contribution is 2.28. The average Bonchev–Trinajstić information content (AvgIpc) is 2.33. The molecule has 18 heavy (non-hydrogen) atoms. The number of rotatable bonds is 5. The van der Waals surface area contributed by atoms with Crippen molar-refractivity contribution in [2.24, 2.45) is 5.92 Å². The van der Waals surface area contributed by atoms with Crippen LogP contribution in [0.25, 0.3) is 0 Å².